The lowest BCUT2D eigenvalue weighted by Crippen LogP contribution is -2.40. The maximum Gasteiger partial charge on any atom is 0.252 e. The fourth-order valence-electron chi connectivity index (χ4n) is 1.84. The van der Waals surface area contributed by atoms with Crippen molar-refractivity contribution in [1.82, 2.24) is 0 Å². The van der Waals surface area contributed by atoms with Crippen LogP contribution in [0.2, 0.25) is 5.02 Å². The Morgan fingerprint density at radius 3 is 2.74 bits per heavy atom. The molecule has 19 heavy (non-hydrogen) atoms. The van der Waals surface area contributed by atoms with Crippen LogP contribution in [0, 0.1) is 0 Å². The van der Waals surface area contributed by atoms with Gasteiger partial charge in [-0.2, -0.15) is 0 Å². The molecule has 0 aromatic heterocycles. The van der Waals surface area contributed by atoms with Crippen molar-refractivity contribution in [2.45, 2.75) is 24.8 Å². The third-order valence-corrected chi connectivity index (χ3v) is 3.11. The summed E-state index contributed by atoms with van der Waals surface area (Å²) in [6.45, 7) is 0. The second-order valence-corrected chi connectivity index (χ2v) is 4.81. The van der Waals surface area contributed by atoms with Gasteiger partial charge in [0.15, 0.2) is 5.96 Å². The Labute approximate surface area is 114 Å². The minimum atomic E-state index is -2.60. The summed E-state index contributed by atoms with van der Waals surface area (Å²) >= 11 is 5.95. The second kappa shape index (κ2) is 5.21. The van der Waals surface area contributed by atoms with Gasteiger partial charge in [0, 0.05) is 18.5 Å². The van der Waals surface area contributed by atoms with E-state index in [0.29, 0.717) is 16.5 Å². The summed E-state index contributed by atoms with van der Waals surface area (Å²) in [7, 11) is 1.51. The number of guanidine groups is 1. The van der Waals surface area contributed by atoms with E-state index in [4.69, 9.17) is 22.1 Å². The molecule has 1 aromatic carbocycles. The van der Waals surface area contributed by atoms with E-state index in [1.807, 2.05) is 0 Å². The topological polar surface area (TPSA) is 59.6 Å². The highest BCUT2D eigenvalue weighted by atomic mass is 35.5. The molecule has 1 aliphatic rings. The Morgan fingerprint density at radius 2 is 2.21 bits per heavy atom. The first kappa shape index (κ1) is 13.9. The summed E-state index contributed by atoms with van der Waals surface area (Å²) in [4.78, 5) is 3.97. The standard InChI is InChI=1S/C12H14ClF2N3O/c1-19-10-3-2-7(4-9(10)13)17-11(16)18-8-5-12(14,15)6-8/h2-4,8H,5-6H2,1H3,(H3,16,17,18). The summed E-state index contributed by atoms with van der Waals surface area (Å²) in [6.07, 6.45) is -0.502. The second-order valence-electron chi connectivity index (χ2n) is 4.41. The Hall–Kier alpha value is -1.56. The number of hydrogen-bond acceptors (Lipinski definition) is 2. The molecule has 3 N–H and O–H groups in total. The fourth-order valence-corrected chi connectivity index (χ4v) is 2.10. The number of methoxy groups -OCH3 is 1. The summed E-state index contributed by atoms with van der Waals surface area (Å²) in [6, 6.07) is 4.59. The summed E-state index contributed by atoms with van der Waals surface area (Å²) in [5, 5.41) is 3.23. The van der Waals surface area contributed by atoms with Gasteiger partial charge in [0.25, 0.3) is 5.92 Å². The van der Waals surface area contributed by atoms with Crippen LogP contribution in [0.25, 0.3) is 0 Å². The lowest BCUT2D eigenvalue weighted by molar-refractivity contribution is -0.0834. The molecule has 0 saturated heterocycles. The molecule has 0 amide bonds. The van der Waals surface area contributed by atoms with Crippen LogP contribution >= 0.6 is 11.6 Å². The molecule has 0 bridgehead atoms. The number of alkyl halides is 2. The molecule has 0 unspecified atom stereocenters. The van der Waals surface area contributed by atoms with Gasteiger partial charge in [0.05, 0.1) is 18.2 Å². The molecule has 1 saturated carbocycles. The quantitative estimate of drug-likeness (QED) is 0.664. The highest BCUT2D eigenvalue weighted by Crippen LogP contribution is 2.39. The predicted molar refractivity (Wildman–Crippen MR) is 71.2 cm³/mol. The van der Waals surface area contributed by atoms with Crippen molar-refractivity contribution >= 4 is 23.2 Å². The SMILES string of the molecule is COc1ccc(NC(N)=NC2CC(F)(F)C2)cc1Cl. The van der Waals surface area contributed by atoms with Crippen LogP contribution in [0.3, 0.4) is 0 Å². The maximum atomic E-state index is 12.6. The smallest absolute Gasteiger partial charge is 0.252 e. The van der Waals surface area contributed by atoms with E-state index in [0.717, 1.165) is 0 Å². The van der Waals surface area contributed by atoms with Crippen LogP contribution in [0.5, 0.6) is 5.75 Å². The Balaban J connectivity index is 1.97. The fraction of sp³-hybridized carbons (Fsp3) is 0.417. The first-order valence-electron chi connectivity index (χ1n) is 5.71. The molecule has 7 heteroatoms. The average molecular weight is 290 g/mol. The monoisotopic (exact) mass is 289 g/mol. The molecule has 2 rings (SSSR count). The van der Waals surface area contributed by atoms with Crippen LogP contribution in [0.1, 0.15) is 12.8 Å². The van der Waals surface area contributed by atoms with E-state index in [1.165, 1.54) is 7.11 Å². The van der Waals surface area contributed by atoms with Crippen molar-refractivity contribution in [3.63, 3.8) is 0 Å². The normalized spacial score (nSPS) is 18.8. The number of nitrogens with two attached hydrogens (primary N) is 1. The van der Waals surface area contributed by atoms with Gasteiger partial charge >= 0.3 is 0 Å². The zero-order valence-electron chi connectivity index (χ0n) is 10.3. The molecule has 0 atom stereocenters. The molecule has 0 aliphatic heterocycles. The molecule has 0 radical (unpaired) electrons. The number of halogens is 3. The highest BCUT2D eigenvalue weighted by Gasteiger charge is 2.45. The molecule has 1 aromatic rings. The summed E-state index contributed by atoms with van der Waals surface area (Å²) in [5.74, 6) is -1.96. The van der Waals surface area contributed by atoms with Crippen LogP contribution in [0.4, 0.5) is 14.5 Å². The first-order valence-corrected chi connectivity index (χ1v) is 6.09. The lowest BCUT2D eigenvalue weighted by atomic mass is 9.89. The number of nitrogens with zero attached hydrogens (tertiary/aromatic N) is 1. The number of nitrogens with one attached hydrogen (secondary N) is 1. The Bertz CT molecular complexity index is 500. The van der Waals surface area contributed by atoms with E-state index in [2.05, 4.69) is 10.3 Å². The zero-order valence-corrected chi connectivity index (χ0v) is 11.0. The molecule has 1 fully saturated rings. The number of anilines is 1. The minimum absolute atomic E-state index is 0.0988. The van der Waals surface area contributed by atoms with Crippen molar-refractivity contribution < 1.29 is 13.5 Å². The molecule has 4 nitrogen and oxygen atoms in total. The first-order chi connectivity index (χ1) is 8.89. The van der Waals surface area contributed by atoms with Gasteiger partial charge in [0.1, 0.15) is 5.75 Å². The van der Waals surface area contributed by atoms with Crippen molar-refractivity contribution in [3.05, 3.63) is 23.2 Å². The Kier molecular flexibility index (Phi) is 3.80. The number of rotatable bonds is 3. The van der Waals surface area contributed by atoms with Crippen LogP contribution < -0.4 is 15.8 Å². The summed E-state index contributed by atoms with van der Waals surface area (Å²) < 4.78 is 30.3. The number of aliphatic imine (C=N–C) groups is 1. The number of benzene rings is 1. The minimum Gasteiger partial charge on any atom is -0.495 e. The highest BCUT2D eigenvalue weighted by molar-refractivity contribution is 6.32. The largest absolute Gasteiger partial charge is 0.495 e. The van der Waals surface area contributed by atoms with Gasteiger partial charge in [-0.05, 0) is 18.2 Å². The number of ether oxygens (including phenoxy) is 1. The van der Waals surface area contributed by atoms with Gasteiger partial charge in [-0.3, -0.25) is 0 Å². The molecular formula is C12H14ClF2N3O. The number of hydrogen-bond donors (Lipinski definition) is 2. The molecule has 0 heterocycles. The van der Waals surface area contributed by atoms with Crippen molar-refractivity contribution in [2.75, 3.05) is 12.4 Å². The van der Waals surface area contributed by atoms with Gasteiger partial charge in [-0.25, -0.2) is 13.8 Å². The van der Waals surface area contributed by atoms with E-state index in [9.17, 15) is 8.78 Å². The van der Waals surface area contributed by atoms with E-state index in [1.54, 1.807) is 18.2 Å². The zero-order chi connectivity index (χ0) is 14.0. The average Bonchev–Trinajstić information content (AvgIpc) is 2.26. The Morgan fingerprint density at radius 1 is 1.53 bits per heavy atom. The van der Waals surface area contributed by atoms with E-state index < -0.39 is 12.0 Å². The molecule has 104 valence electrons. The molecule has 1 aliphatic carbocycles. The van der Waals surface area contributed by atoms with Gasteiger partial charge in [0.2, 0.25) is 0 Å². The van der Waals surface area contributed by atoms with Gasteiger partial charge in [-0.1, -0.05) is 11.6 Å². The van der Waals surface area contributed by atoms with Crippen LogP contribution in [-0.2, 0) is 0 Å². The predicted octanol–water partition coefficient (Wildman–Crippen LogP) is 2.87. The molecule has 0 spiro atoms. The van der Waals surface area contributed by atoms with Crippen molar-refractivity contribution in [3.8, 4) is 5.75 Å². The lowest BCUT2D eigenvalue weighted by Gasteiger charge is -2.32. The van der Waals surface area contributed by atoms with Crippen molar-refractivity contribution in [1.29, 1.82) is 0 Å². The van der Waals surface area contributed by atoms with Gasteiger partial charge in [-0.15, -0.1) is 0 Å². The molecular weight excluding hydrogens is 276 g/mol. The summed E-state index contributed by atoms with van der Waals surface area (Å²) in [5.41, 5.74) is 6.27. The van der Waals surface area contributed by atoms with Crippen LogP contribution in [0.15, 0.2) is 23.2 Å². The van der Waals surface area contributed by atoms with E-state index >= 15 is 0 Å². The van der Waals surface area contributed by atoms with E-state index in [-0.39, 0.29) is 18.8 Å². The third-order valence-electron chi connectivity index (χ3n) is 2.81. The van der Waals surface area contributed by atoms with Crippen molar-refractivity contribution in [2.24, 2.45) is 10.7 Å². The third kappa shape index (κ3) is 3.47. The van der Waals surface area contributed by atoms with Gasteiger partial charge < -0.3 is 15.8 Å². The maximum absolute atomic E-state index is 12.6. The van der Waals surface area contributed by atoms with Crippen LogP contribution in [-0.4, -0.2) is 25.0 Å².